The van der Waals surface area contributed by atoms with Gasteiger partial charge >= 0.3 is 0 Å². The molecule has 3 rings (SSSR count). The summed E-state index contributed by atoms with van der Waals surface area (Å²) in [6.45, 7) is 4.59. The molecule has 0 aromatic carbocycles. The molecule has 0 saturated heterocycles. The molecule has 0 nitrogen and oxygen atoms in total. The first-order chi connectivity index (χ1) is 18.1. The number of halogens is 2. The maximum atomic E-state index is 3.78. The second kappa shape index (κ2) is 18.4. The molecule has 0 aliphatic heterocycles. The van der Waals surface area contributed by atoms with Crippen LogP contribution in [0.15, 0.2) is 31.8 Å². The summed E-state index contributed by atoms with van der Waals surface area (Å²) in [5.74, 6) is 0. The highest BCUT2D eigenvalue weighted by atomic mass is 79.9. The normalized spacial score (nSPS) is 11.6. The fourth-order valence-corrected chi connectivity index (χ4v) is 9.75. The zero-order valence-electron chi connectivity index (χ0n) is 23.0. The molecule has 3 aromatic heterocycles. The molecule has 3 aromatic rings. The van der Waals surface area contributed by atoms with Crippen molar-refractivity contribution in [3.63, 3.8) is 0 Å². The van der Waals surface area contributed by atoms with Gasteiger partial charge in [0, 0.05) is 19.5 Å². The van der Waals surface area contributed by atoms with E-state index in [1.165, 1.54) is 154 Å². The van der Waals surface area contributed by atoms with Gasteiger partial charge in [0.1, 0.15) is 0 Å². The van der Waals surface area contributed by atoms with Crippen molar-refractivity contribution in [2.75, 3.05) is 0 Å². The zero-order chi connectivity index (χ0) is 26.3. The predicted molar refractivity (Wildman–Crippen MR) is 179 cm³/mol. The fourth-order valence-electron chi connectivity index (χ4n) is 5.06. The predicted octanol–water partition coefficient (Wildman–Crippen LogP) is 14.1. The Hall–Kier alpha value is 0.0600. The van der Waals surface area contributed by atoms with Gasteiger partial charge in [0.2, 0.25) is 0 Å². The van der Waals surface area contributed by atoms with Crippen molar-refractivity contribution >= 4 is 65.9 Å². The lowest BCUT2D eigenvalue weighted by molar-refractivity contribution is 0.576. The lowest BCUT2D eigenvalue weighted by Gasteiger charge is -2.04. The van der Waals surface area contributed by atoms with E-state index in [-0.39, 0.29) is 0 Å². The third kappa shape index (κ3) is 11.2. The van der Waals surface area contributed by atoms with Crippen LogP contribution in [0.25, 0.3) is 19.5 Å². The van der Waals surface area contributed by atoms with Crippen molar-refractivity contribution in [3.8, 4) is 19.5 Å². The molecular formula is C32H46Br2S3. The Morgan fingerprint density at radius 2 is 0.838 bits per heavy atom. The molecule has 3 heterocycles. The van der Waals surface area contributed by atoms with Crippen LogP contribution in [0, 0.1) is 0 Å². The molecule has 0 atom stereocenters. The van der Waals surface area contributed by atoms with Crippen molar-refractivity contribution in [2.45, 2.75) is 129 Å². The Balaban J connectivity index is 1.52. The van der Waals surface area contributed by atoms with Gasteiger partial charge in [-0.3, -0.25) is 0 Å². The molecule has 0 aliphatic rings. The summed E-state index contributed by atoms with van der Waals surface area (Å²) in [6.07, 6.45) is 24.5. The highest BCUT2D eigenvalue weighted by Gasteiger charge is 2.16. The Labute approximate surface area is 256 Å². The zero-order valence-corrected chi connectivity index (χ0v) is 28.6. The van der Waals surface area contributed by atoms with E-state index in [0.29, 0.717) is 0 Å². The molecule has 0 N–H and O–H groups in total. The molecule has 0 aliphatic carbocycles. The van der Waals surface area contributed by atoms with Crippen LogP contribution in [0.4, 0.5) is 0 Å². The smallest absolute Gasteiger partial charge is 0.0708 e. The van der Waals surface area contributed by atoms with Crippen LogP contribution in [-0.4, -0.2) is 0 Å². The van der Waals surface area contributed by atoms with E-state index < -0.39 is 0 Å². The standard InChI is InChI=1S/C32H46Br2S3/c1-3-5-7-9-11-13-15-17-19-25-23-29(33)36-31(25)27-21-22-28(35-27)32-26(24-30(34)37-32)20-18-16-14-12-10-8-6-4-2/h21-24H,3-20H2,1-2H3. The number of hydrogen-bond donors (Lipinski definition) is 0. The van der Waals surface area contributed by atoms with Crippen LogP contribution in [-0.2, 0) is 12.8 Å². The molecule has 37 heavy (non-hydrogen) atoms. The van der Waals surface area contributed by atoms with E-state index in [2.05, 4.69) is 70.0 Å². The van der Waals surface area contributed by atoms with Gasteiger partial charge < -0.3 is 0 Å². The van der Waals surface area contributed by atoms with Crippen LogP contribution < -0.4 is 0 Å². The van der Waals surface area contributed by atoms with Gasteiger partial charge in [-0.25, -0.2) is 0 Å². The number of unbranched alkanes of at least 4 members (excludes halogenated alkanes) is 14. The highest BCUT2D eigenvalue weighted by molar-refractivity contribution is 9.11. The molecule has 0 radical (unpaired) electrons. The third-order valence-electron chi connectivity index (χ3n) is 7.21. The van der Waals surface area contributed by atoms with Crippen LogP contribution in [0.1, 0.15) is 128 Å². The monoisotopic (exact) mass is 684 g/mol. The second-order valence-corrected chi connectivity index (χ2v) is 16.4. The minimum absolute atomic E-state index is 1.20. The molecule has 0 fully saturated rings. The molecule has 0 amide bonds. The third-order valence-corrected chi connectivity index (χ3v) is 12.0. The second-order valence-electron chi connectivity index (χ2n) is 10.4. The van der Waals surface area contributed by atoms with Crippen LogP contribution in [0.5, 0.6) is 0 Å². The first kappa shape index (κ1) is 31.6. The summed E-state index contributed by atoms with van der Waals surface area (Å²) in [4.78, 5) is 5.82. The summed E-state index contributed by atoms with van der Waals surface area (Å²) < 4.78 is 2.53. The Morgan fingerprint density at radius 1 is 0.486 bits per heavy atom. The SMILES string of the molecule is CCCCCCCCCCc1cc(Br)sc1-c1ccc(-c2sc(Br)cc2CCCCCCCCCC)s1. The largest absolute Gasteiger partial charge is 0.133 e. The van der Waals surface area contributed by atoms with Crippen molar-refractivity contribution < 1.29 is 0 Å². The van der Waals surface area contributed by atoms with E-state index >= 15 is 0 Å². The maximum absolute atomic E-state index is 3.78. The van der Waals surface area contributed by atoms with E-state index in [0.717, 1.165) is 0 Å². The number of rotatable bonds is 20. The first-order valence-electron chi connectivity index (χ1n) is 14.8. The number of thiophene rings is 3. The Kier molecular flexibility index (Phi) is 15.7. The minimum atomic E-state index is 1.20. The molecule has 0 bridgehead atoms. The lowest BCUT2D eigenvalue weighted by Crippen LogP contribution is -1.86. The Morgan fingerprint density at radius 3 is 1.22 bits per heavy atom. The van der Waals surface area contributed by atoms with Crippen molar-refractivity contribution in [2.24, 2.45) is 0 Å². The van der Waals surface area contributed by atoms with Crippen LogP contribution in [0.2, 0.25) is 0 Å². The van der Waals surface area contributed by atoms with Crippen molar-refractivity contribution in [1.29, 1.82) is 0 Å². The molecule has 0 spiro atoms. The summed E-state index contributed by atoms with van der Waals surface area (Å²) >= 11 is 13.4. The van der Waals surface area contributed by atoms with Gasteiger partial charge in [0.15, 0.2) is 0 Å². The molecule has 206 valence electrons. The van der Waals surface area contributed by atoms with E-state index in [9.17, 15) is 0 Å². The topological polar surface area (TPSA) is 0 Å². The fraction of sp³-hybridized carbons (Fsp3) is 0.625. The average molecular weight is 687 g/mol. The van der Waals surface area contributed by atoms with Crippen molar-refractivity contribution in [1.82, 2.24) is 0 Å². The van der Waals surface area contributed by atoms with E-state index in [4.69, 9.17) is 0 Å². The Bertz CT molecular complexity index is 935. The first-order valence-corrected chi connectivity index (χ1v) is 18.8. The van der Waals surface area contributed by atoms with Crippen LogP contribution in [0.3, 0.4) is 0 Å². The average Bonchev–Trinajstić information content (AvgIpc) is 3.60. The van der Waals surface area contributed by atoms with E-state index in [1.807, 2.05) is 34.0 Å². The number of hydrogen-bond acceptors (Lipinski definition) is 3. The minimum Gasteiger partial charge on any atom is -0.133 e. The summed E-state index contributed by atoms with van der Waals surface area (Å²) in [7, 11) is 0. The molecule has 5 heteroatoms. The molecule has 0 unspecified atom stereocenters. The summed E-state index contributed by atoms with van der Waals surface area (Å²) in [5.41, 5.74) is 3.06. The quantitative estimate of drug-likeness (QED) is 0.104. The van der Waals surface area contributed by atoms with Gasteiger partial charge in [0.05, 0.1) is 7.57 Å². The van der Waals surface area contributed by atoms with Gasteiger partial charge in [0.25, 0.3) is 0 Å². The summed E-state index contributed by atoms with van der Waals surface area (Å²) in [6, 6.07) is 9.47. The molecule has 0 saturated carbocycles. The van der Waals surface area contributed by atoms with Crippen LogP contribution >= 0.6 is 65.9 Å². The highest BCUT2D eigenvalue weighted by Crippen LogP contribution is 2.45. The molecular weight excluding hydrogens is 640 g/mol. The van der Waals surface area contributed by atoms with E-state index in [1.54, 1.807) is 0 Å². The lowest BCUT2D eigenvalue weighted by atomic mass is 10.0. The van der Waals surface area contributed by atoms with Gasteiger partial charge in [-0.15, -0.1) is 34.0 Å². The van der Waals surface area contributed by atoms with Gasteiger partial charge in [-0.05, 0) is 92.9 Å². The maximum Gasteiger partial charge on any atom is 0.0708 e. The van der Waals surface area contributed by atoms with Gasteiger partial charge in [-0.1, -0.05) is 104 Å². The number of aryl methyl sites for hydroxylation is 2. The van der Waals surface area contributed by atoms with Crippen molar-refractivity contribution in [3.05, 3.63) is 43.0 Å². The van der Waals surface area contributed by atoms with Gasteiger partial charge in [-0.2, -0.15) is 0 Å². The summed E-state index contributed by atoms with van der Waals surface area (Å²) in [5, 5.41) is 0.